The highest BCUT2D eigenvalue weighted by atomic mass is 16.5. The average Bonchev–Trinajstić information content (AvgIpc) is 2.68. The number of amides is 2. The van der Waals surface area contributed by atoms with E-state index in [-0.39, 0.29) is 17.2 Å². The number of hydrogen-bond acceptors (Lipinski definition) is 5. The molecule has 1 fully saturated rings. The van der Waals surface area contributed by atoms with E-state index < -0.39 is 11.9 Å². The molecular formula is C19H19N3O5. The molecule has 2 N–H and O–H groups in total. The third-order valence-electron chi connectivity index (χ3n) is 4.29. The van der Waals surface area contributed by atoms with Crippen LogP contribution in [0.2, 0.25) is 0 Å². The van der Waals surface area contributed by atoms with E-state index in [9.17, 15) is 14.4 Å². The van der Waals surface area contributed by atoms with Crippen molar-refractivity contribution in [3.05, 3.63) is 47.8 Å². The van der Waals surface area contributed by atoms with Gasteiger partial charge in [-0.3, -0.25) is 9.59 Å². The smallest absolute Gasteiger partial charge is 0.354 e. The van der Waals surface area contributed by atoms with Crippen LogP contribution in [0.1, 0.15) is 40.1 Å². The van der Waals surface area contributed by atoms with E-state index in [0.717, 1.165) is 12.8 Å². The van der Waals surface area contributed by atoms with Crippen LogP contribution in [-0.2, 0) is 4.79 Å². The normalized spacial score (nSPS) is 14.0. The van der Waals surface area contributed by atoms with Crippen molar-refractivity contribution in [1.82, 2.24) is 4.98 Å². The van der Waals surface area contributed by atoms with Gasteiger partial charge in [0.05, 0.1) is 12.8 Å². The lowest BCUT2D eigenvalue weighted by atomic mass is 10.1. The number of carboxylic acids is 1. The van der Waals surface area contributed by atoms with Gasteiger partial charge in [-0.1, -0.05) is 0 Å². The van der Waals surface area contributed by atoms with Crippen LogP contribution in [-0.4, -0.2) is 41.5 Å². The number of methoxy groups -OCH3 is 1. The minimum absolute atomic E-state index is 0.0169. The summed E-state index contributed by atoms with van der Waals surface area (Å²) in [5.41, 5.74) is 1.04. The minimum Gasteiger partial charge on any atom is -0.495 e. The first kappa shape index (κ1) is 18.4. The highest BCUT2D eigenvalue weighted by molar-refractivity contribution is 6.06. The minimum atomic E-state index is -1.21. The second-order valence-electron chi connectivity index (χ2n) is 6.08. The first-order chi connectivity index (χ1) is 13.0. The molecule has 2 aromatic rings. The lowest BCUT2D eigenvalue weighted by Gasteiger charge is -2.28. The molecule has 1 aromatic heterocycles. The largest absolute Gasteiger partial charge is 0.495 e. The number of anilines is 2. The Bertz CT molecular complexity index is 897. The maximum atomic E-state index is 12.5. The van der Waals surface area contributed by atoms with E-state index in [1.807, 2.05) is 0 Å². The number of rotatable bonds is 5. The van der Waals surface area contributed by atoms with Crippen LogP contribution in [0, 0.1) is 0 Å². The lowest BCUT2D eigenvalue weighted by molar-refractivity contribution is -0.119. The number of ether oxygens (including phenoxy) is 1. The van der Waals surface area contributed by atoms with E-state index >= 15 is 0 Å². The first-order valence-electron chi connectivity index (χ1n) is 8.48. The summed E-state index contributed by atoms with van der Waals surface area (Å²) in [6.07, 6.45) is 3.52. The van der Waals surface area contributed by atoms with Gasteiger partial charge in [0.2, 0.25) is 5.91 Å². The van der Waals surface area contributed by atoms with Crippen molar-refractivity contribution in [1.29, 1.82) is 0 Å². The highest BCUT2D eigenvalue weighted by Crippen LogP contribution is 2.33. The molecule has 1 aliphatic heterocycles. The fourth-order valence-corrected chi connectivity index (χ4v) is 2.93. The molecule has 2 amide bonds. The van der Waals surface area contributed by atoms with Crippen LogP contribution in [0.15, 0.2) is 36.5 Å². The predicted octanol–water partition coefficient (Wildman–Crippen LogP) is 2.56. The second-order valence-corrected chi connectivity index (χ2v) is 6.08. The van der Waals surface area contributed by atoms with E-state index in [1.165, 1.54) is 25.4 Å². The number of piperidine rings is 1. The number of benzene rings is 1. The number of pyridine rings is 1. The number of hydrogen-bond donors (Lipinski definition) is 2. The van der Waals surface area contributed by atoms with Crippen molar-refractivity contribution >= 4 is 29.2 Å². The molecule has 0 aliphatic carbocycles. The van der Waals surface area contributed by atoms with Crippen LogP contribution in [0.5, 0.6) is 5.75 Å². The molecule has 27 heavy (non-hydrogen) atoms. The number of nitrogens with one attached hydrogen (secondary N) is 1. The van der Waals surface area contributed by atoms with Crippen molar-refractivity contribution < 1.29 is 24.2 Å². The van der Waals surface area contributed by atoms with E-state index in [0.29, 0.717) is 30.1 Å². The Hall–Kier alpha value is -3.42. The second kappa shape index (κ2) is 7.86. The Morgan fingerprint density at radius 1 is 1.22 bits per heavy atom. The molecule has 0 unspecified atom stereocenters. The van der Waals surface area contributed by atoms with Crippen LogP contribution in [0.3, 0.4) is 0 Å². The van der Waals surface area contributed by atoms with Gasteiger partial charge in [0.15, 0.2) is 0 Å². The molecule has 8 nitrogen and oxygen atoms in total. The van der Waals surface area contributed by atoms with E-state index in [4.69, 9.17) is 9.84 Å². The summed E-state index contributed by atoms with van der Waals surface area (Å²) in [7, 11) is 1.52. The van der Waals surface area contributed by atoms with Crippen LogP contribution in [0.25, 0.3) is 0 Å². The van der Waals surface area contributed by atoms with Crippen LogP contribution < -0.4 is 15.0 Å². The Morgan fingerprint density at radius 2 is 2.04 bits per heavy atom. The van der Waals surface area contributed by atoms with Crippen molar-refractivity contribution in [2.24, 2.45) is 0 Å². The van der Waals surface area contributed by atoms with Gasteiger partial charge in [0.1, 0.15) is 11.4 Å². The zero-order chi connectivity index (χ0) is 19.4. The van der Waals surface area contributed by atoms with Gasteiger partial charge in [0.25, 0.3) is 5.91 Å². The molecule has 0 atom stereocenters. The maximum Gasteiger partial charge on any atom is 0.354 e. The molecule has 1 aromatic carbocycles. The van der Waals surface area contributed by atoms with E-state index in [2.05, 4.69) is 10.3 Å². The monoisotopic (exact) mass is 369 g/mol. The predicted molar refractivity (Wildman–Crippen MR) is 98.3 cm³/mol. The fraction of sp³-hybridized carbons (Fsp3) is 0.263. The Balaban J connectivity index is 1.86. The summed E-state index contributed by atoms with van der Waals surface area (Å²) >= 11 is 0. The molecule has 0 saturated carbocycles. The van der Waals surface area contributed by atoms with Gasteiger partial charge in [-0.25, -0.2) is 9.78 Å². The topological polar surface area (TPSA) is 109 Å². The first-order valence-corrected chi connectivity index (χ1v) is 8.48. The third kappa shape index (κ3) is 4.05. The molecule has 0 radical (unpaired) electrons. The average molecular weight is 369 g/mol. The third-order valence-corrected chi connectivity index (χ3v) is 4.29. The summed E-state index contributed by atoms with van der Waals surface area (Å²) in [4.78, 5) is 41.1. The summed E-state index contributed by atoms with van der Waals surface area (Å²) in [6, 6.07) is 7.66. The van der Waals surface area contributed by atoms with E-state index in [1.54, 1.807) is 23.1 Å². The fourth-order valence-electron chi connectivity index (χ4n) is 2.93. The standard InChI is InChI=1S/C19H19N3O5/c1-27-16-6-5-13(11-15(16)22-9-3-2-4-17(22)23)21-18(24)12-7-8-20-14(10-12)19(25)26/h5-8,10-11H,2-4,9H2,1H3,(H,21,24)(H,25,26). The van der Waals surface area contributed by atoms with Crippen LogP contribution in [0.4, 0.5) is 11.4 Å². The summed E-state index contributed by atoms with van der Waals surface area (Å²) in [6.45, 7) is 0.596. The molecule has 2 heterocycles. The molecule has 1 aliphatic rings. The number of carbonyl (C=O) groups is 3. The number of carbonyl (C=O) groups excluding carboxylic acids is 2. The SMILES string of the molecule is COc1ccc(NC(=O)c2ccnc(C(=O)O)c2)cc1N1CCCCC1=O. The summed E-state index contributed by atoms with van der Waals surface area (Å²) in [5.74, 6) is -1.12. The number of carboxylic acid groups (broad SMARTS) is 1. The van der Waals surface area contributed by atoms with Gasteiger partial charge < -0.3 is 20.1 Å². The van der Waals surface area contributed by atoms with Gasteiger partial charge in [-0.2, -0.15) is 0 Å². The van der Waals surface area contributed by atoms with Crippen molar-refractivity contribution in [2.75, 3.05) is 23.9 Å². The van der Waals surface area contributed by atoms with Crippen LogP contribution >= 0.6 is 0 Å². The summed E-state index contributed by atoms with van der Waals surface area (Å²) < 4.78 is 5.35. The Kier molecular flexibility index (Phi) is 5.35. The van der Waals surface area contributed by atoms with Crippen molar-refractivity contribution in [3.63, 3.8) is 0 Å². The zero-order valence-corrected chi connectivity index (χ0v) is 14.8. The number of aromatic nitrogens is 1. The maximum absolute atomic E-state index is 12.5. The molecule has 3 rings (SSSR count). The number of nitrogens with zero attached hydrogens (tertiary/aromatic N) is 2. The van der Waals surface area contributed by atoms with Gasteiger partial charge >= 0.3 is 5.97 Å². The lowest BCUT2D eigenvalue weighted by Crippen LogP contribution is -2.35. The Labute approximate surface area is 155 Å². The Morgan fingerprint density at radius 3 is 2.74 bits per heavy atom. The molecule has 8 heteroatoms. The van der Waals surface area contributed by atoms with Crippen molar-refractivity contribution in [2.45, 2.75) is 19.3 Å². The molecular weight excluding hydrogens is 350 g/mol. The van der Waals surface area contributed by atoms with Gasteiger partial charge in [-0.05, 0) is 43.2 Å². The highest BCUT2D eigenvalue weighted by Gasteiger charge is 2.23. The zero-order valence-electron chi connectivity index (χ0n) is 14.8. The van der Waals surface area contributed by atoms with Crippen molar-refractivity contribution in [3.8, 4) is 5.75 Å². The molecule has 1 saturated heterocycles. The van der Waals surface area contributed by atoms with Gasteiger partial charge in [-0.15, -0.1) is 0 Å². The summed E-state index contributed by atoms with van der Waals surface area (Å²) in [5, 5.41) is 11.7. The quantitative estimate of drug-likeness (QED) is 0.838. The molecule has 0 bridgehead atoms. The van der Waals surface area contributed by atoms with Gasteiger partial charge in [0, 0.05) is 30.4 Å². The molecule has 0 spiro atoms. The molecule has 140 valence electrons. The number of aromatic carboxylic acids is 1.